The van der Waals surface area contributed by atoms with Crippen LogP contribution in [0.25, 0.3) is 0 Å². The SMILES string of the molecule is CCNC(=NCc1ccc(OC)c(OC)c1)NCCc1csc(N2CCCC2)n1.I. The molecule has 0 amide bonds. The van der Waals surface area contributed by atoms with Gasteiger partial charge in [-0.3, -0.25) is 0 Å². The molecule has 7 nitrogen and oxygen atoms in total. The fourth-order valence-electron chi connectivity index (χ4n) is 3.26. The summed E-state index contributed by atoms with van der Waals surface area (Å²) < 4.78 is 10.7. The fraction of sp³-hybridized carbons (Fsp3) is 0.524. The molecule has 1 saturated heterocycles. The van der Waals surface area contributed by atoms with Gasteiger partial charge in [0.15, 0.2) is 22.6 Å². The highest BCUT2D eigenvalue weighted by molar-refractivity contribution is 14.0. The molecule has 1 aromatic carbocycles. The lowest BCUT2D eigenvalue weighted by atomic mass is 10.2. The average Bonchev–Trinajstić information content (AvgIpc) is 3.43. The number of thiazole rings is 1. The van der Waals surface area contributed by atoms with Gasteiger partial charge in [-0.1, -0.05) is 6.07 Å². The third kappa shape index (κ3) is 6.90. The maximum absolute atomic E-state index is 5.37. The van der Waals surface area contributed by atoms with Crippen molar-refractivity contribution in [1.29, 1.82) is 0 Å². The highest BCUT2D eigenvalue weighted by atomic mass is 127. The molecule has 0 spiro atoms. The van der Waals surface area contributed by atoms with Gasteiger partial charge in [-0.15, -0.1) is 35.3 Å². The van der Waals surface area contributed by atoms with Gasteiger partial charge in [-0.2, -0.15) is 0 Å². The molecule has 9 heteroatoms. The van der Waals surface area contributed by atoms with E-state index in [0.717, 1.165) is 66.4 Å². The summed E-state index contributed by atoms with van der Waals surface area (Å²) in [6.07, 6.45) is 3.43. The van der Waals surface area contributed by atoms with Crippen LogP contribution in [0, 0.1) is 0 Å². The molecule has 0 atom stereocenters. The Hall–Kier alpha value is -1.75. The molecule has 0 radical (unpaired) electrons. The topological polar surface area (TPSA) is 71.0 Å². The van der Waals surface area contributed by atoms with Crippen LogP contribution < -0.4 is 25.0 Å². The molecule has 0 unspecified atom stereocenters. The van der Waals surface area contributed by atoms with E-state index in [1.807, 2.05) is 18.2 Å². The first-order chi connectivity index (χ1) is 14.2. The Morgan fingerprint density at radius 2 is 1.93 bits per heavy atom. The highest BCUT2D eigenvalue weighted by Gasteiger charge is 2.15. The van der Waals surface area contributed by atoms with Gasteiger partial charge in [0.1, 0.15) is 0 Å². The van der Waals surface area contributed by atoms with Crippen LogP contribution in [0.15, 0.2) is 28.6 Å². The minimum absolute atomic E-state index is 0. The number of ether oxygens (including phenoxy) is 2. The molecule has 1 aliphatic rings. The standard InChI is InChI=1S/C21H31N5O2S.HI/c1-4-22-20(24-14-16-7-8-18(27-2)19(13-16)28-3)23-10-9-17-15-29-21(25-17)26-11-5-6-12-26;/h7-8,13,15H,4-6,9-12,14H2,1-3H3,(H2,22,23,24);1H. The number of hydrogen-bond donors (Lipinski definition) is 2. The fourth-order valence-corrected chi connectivity index (χ4v) is 4.18. The van der Waals surface area contributed by atoms with Crippen LogP contribution in [0.4, 0.5) is 5.13 Å². The number of aliphatic imine (C=N–C) groups is 1. The molecule has 0 bridgehead atoms. The lowest BCUT2D eigenvalue weighted by Crippen LogP contribution is -2.38. The van der Waals surface area contributed by atoms with E-state index in [2.05, 4.69) is 32.8 Å². The average molecular weight is 545 g/mol. The van der Waals surface area contributed by atoms with Crippen molar-refractivity contribution in [2.75, 3.05) is 45.3 Å². The number of aromatic nitrogens is 1. The number of halogens is 1. The summed E-state index contributed by atoms with van der Waals surface area (Å²) >= 11 is 1.75. The largest absolute Gasteiger partial charge is 0.493 e. The number of benzene rings is 1. The van der Waals surface area contributed by atoms with Crippen molar-refractivity contribution in [3.63, 3.8) is 0 Å². The first kappa shape index (κ1) is 24.5. The highest BCUT2D eigenvalue weighted by Crippen LogP contribution is 2.27. The molecule has 2 aromatic rings. The lowest BCUT2D eigenvalue weighted by molar-refractivity contribution is 0.354. The van der Waals surface area contributed by atoms with Crippen LogP contribution in [0.3, 0.4) is 0 Å². The number of hydrogen-bond acceptors (Lipinski definition) is 6. The number of anilines is 1. The Morgan fingerprint density at radius 3 is 2.63 bits per heavy atom. The number of methoxy groups -OCH3 is 2. The minimum Gasteiger partial charge on any atom is -0.493 e. The molecule has 166 valence electrons. The Morgan fingerprint density at radius 1 is 1.17 bits per heavy atom. The zero-order valence-electron chi connectivity index (χ0n) is 17.9. The van der Waals surface area contributed by atoms with Crippen molar-refractivity contribution in [3.05, 3.63) is 34.8 Å². The van der Waals surface area contributed by atoms with Gasteiger partial charge in [-0.25, -0.2) is 9.98 Å². The van der Waals surface area contributed by atoms with Crippen molar-refractivity contribution >= 4 is 46.4 Å². The summed E-state index contributed by atoms with van der Waals surface area (Å²) in [6, 6.07) is 5.87. The zero-order valence-corrected chi connectivity index (χ0v) is 21.1. The monoisotopic (exact) mass is 545 g/mol. The second-order valence-corrected chi connectivity index (χ2v) is 7.71. The molecule has 30 heavy (non-hydrogen) atoms. The number of nitrogens with zero attached hydrogens (tertiary/aromatic N) is 3. The van der Waals surface area contributed by atoms with E-state index >= 15 is 0 Å². The molecular weight excluding hydrogens is 513 g/mol. The first-order valence-corrected chi connectivity index (χ1v) is 11.0. The summed E-state index contributed by atoms with van der Waals surface area (Å²) in [7, 11) is 3.28. The predicted molar refractivity (Wildman–Crippen MR) is 135 cm³/mol. The van der Waals surface area contributed by atoms with E-state index in [-0.39, 0.29) is 24.0 Å². The Kier molecular flexibility index (Phi) is 10.5. The van der Waals surface area contributed by atoms with Gasteiger partial charge in [0.05, 0.1) is 26.5 Å². The van der Waals surface area contributed by atoms with Gasteiger partial charge in [-0.05, 0) is 37.5 Å². The Balaban J connectivity index is 0.00000320. The second kappa shape index (κ2) is 12.8. The minimum atomic E-state index is 0. The number of guanidine groups is 1. The van der Waals surface area contributed by atoms with E-state index < -0.39 is 0 Å². The van der Waals surface area contributed by atoms with Gasteiger partial charge in [0, 0.05) is 38.0 Å². The molecule has 2 N–H and O–H groups in total. The maximum Gasteiger partial charge on any atom is 0.191 e. The molecular formula is C21H32IN5O2S. The van der Waals surface area contributed by atoms with Gasteiger partial charge < -0.3 is 25.0 Å². The lowest BCUT2D eigenvalue weighted by Gasteiger charge is -2.13. The van der Waals surface area contributed by atoms with Gasteiger partial charge in [0.2, 0.25) is 0 Å². The second-order valence-electron chi connectivity index (χ2n) is 6.88. The van der Waals surface area contributed by atoms with Crippen molar-refractivity contribution in [1.82, 2.24) is 15.6 Å². The maximum atomic E-state index is 5.37. The summed E-state index contributed by atoms with van der Waals surface area (Å²) in [5.74, 6) is 2.25. The first-order valence-electron chi connectivity index (χ1n) is 10.2. The molecule has 1 fully saturated rings. The molecule has 0 aliphatic carbocycles. The van der Waals surface area contributed by atoms with E-state index in [9.17, 15) is 0 Å². The van der Waals surface area contributed by atoms with E-state index in [1.54, 1.807) is 25.6 Å². The summed E-state index contributed by atoms with van der Waals surface area (Å²) in [6.45, 7) is 6.51. The Bertz CT molecular complexity index is 808. The quantitative estimate of drug-likeness (QED) is 0.285. The van der Waals surface area contributed by atoms with Crippen LogP contribution in [-0.4, -0.2) is 51.3 Å². The van der Waals surface area contributed by atoms with Gasteiger partial charge in [0.25, 0.3) is 0 Å². The third-order valence-corrected chi connectivity index (χ3v) is 5.75. The number of rotatable bonds is 9. The van der Waals surface area contributed by atoms with Gasteiger partial charge >= 0.3 is 0 Å². The smallest absolute Gasteiger partial charge is 0.191 e. The normalized spacial score (nSPS) is 13.7. The van der Waals surface area contributed by atoms with E-state index in [4.69, 9.17) is 14.5 Å². The molecule has 3 rings (SSSR count). The third-order valence-electron chi connectivity index (χ3n) is 4.80. The van der Waals surface area contributed by atoms with Crippen LogP contribution in [0.2, 0.25) is 0 Å². The van der Waals surface area contributed by atoms with Crippen LogP contribution in [-0.2, 0) is 13.0 Å². The van der Waals surface area contributed by atoms with Crippen molar-refractivity contribution in [2.45, 2.75) is 32.7 Å². The summed E-state index contributed by atoms with van der Waals surface area (Å²) in [4.78, 5) is 11.9. The summed E-state index contributed by atoms with van der Waals surface area (Å²) in [5, 5.41) is 10.0. The van der Waals surface area contributed by atoms with Crippen LogP contribution in [0.5, 0.6) is 11.5 Å². The van der Waals surface area contributed by atoms with E-state index in [1.165, 1.54) is 12.8 Å². The van der Waals surface area contributed by atoms with Crippen LogP contribution >= 0.6 is 35.3 Å². The molecule has 1 aromatic heterocycles. The number of nitrogens with one attached hydrogen (secondary N) is 2. The molecule has 1 aliphatic heterocycles. The Labute approximate surface area is 200 Å². The molecule has 0 saturated carbocycles. The predicted octanol–water partition coefficient (Wildman–Crippen LogP) is 3.68. The van der Waals surface area contributed by atoms with E-state index in [0.29, 0.717) is 6.54 Å². The zero-order chi connectivity index (χ0) is 20.5. The van der Waals surface area contributed by atoms with Crippen LogP contribution in [0.1, 0.15) is 31.0 Å². The van der Waals surface area contributed by atoms with Crippen molar-refractivity contribution in [2.24, 2.45) is 4.99 Å². The molecule has 2 heterocycles. The summed E-state index contributed by atoms with van der Waals surface area (Å²) in [5.41, 5.74) is 2.20. The van der Waals surface area contributed by atoms with Crippen molar-refractivity contribution < 1.29 is 9.47 Å². The van der Waals surface area contributed by atoms with Crippen molar-refractivity contribution in [3.8, 4) is 11.5 Å².